The molecule has 0 aromatic rings. The van der Waals surface area contributed by atoms with Crippen molar-refractivity contribution in [3.8, 4) is 0 Å². The second-order valence-corrected chi connectivity index (χ2v) is 11.9. The molecule has 0 amide bonds. The molecule has 0 aromatic carbocycles. The average Bonchev–Trinajstić information content (AvgIpc) is 2.46. The zero-order chi connectivity index (χ0) is 17.9. The summed E-state index contributed by atoms with van der Waals surface area (Å²) in [6.07, 6.45) is 3.03. The first-order valence-electron chi connectivity index (χ1n) is 7.35. The molecule has 0 fully saturated rings. The Balaban J connectivity index is 4.08. The van der Waals surface area contributed by atoms with Crippen molar-refractivity contribution in [3.63, 3.8) is 0 Å². The fraction of sp³-hybridized carbons (Fsp3) is 0.571. The van der Waals surface area contributed by atoms with Gasteiger partial charge in [0.1, 0.15) is 0 Å². The van der Waals surface area contributed by atoms with Crippen LogP contribution in [0.3, 0.4) is 0 Å². The van der Waals surface area contributed by atoms with Crippen LogP contribution in [0, 0.1) is 0 Å². The van der Waals surface area contributed by atoms with Gasteiger partial charge in [-0.1, -0.05) is 13.2 Å². The summed E-state index contributed by atoms with van der Waals surface area (Å²) in [5, 5.41) is 0. The van der Waals surface area contributed by atoms with Gasteiger partial charge in [-0.05, 0) is 38.0 Å². The zero-order valence-corrected chi connectivity index (χ0v) is 15.7. The van der Waals surface area contributed by atoms with Gasteiger partial charge in [0.15, 0.2) is 0 Å². The maximum Gasteiger partial charge on any atom is 0.330 e. The summed E-state index contributed by atoms with van der Waals surface area (Å²) in [5.41, 5.74) is 0. The van der Waals surface area contributed by atoms with E-state index in [2.05, 4.69) is 13.2 Å². The first-order chi connectivity index (χ1) is 10.6. The molecule has 0 saturated heterocycles. The molecule has 0 radical (unpaired) electrons. The van der Waals surface area contributed by atoms with Crippen molar-refractivity contribution in [3.05, 3.63) is 25.3 Å². The van der Waals surface area contributed by atoms with Crippen LogP contribution in [0.5, 0.6) is 0 Å². The molecule has 23 heavy (non-hydrogen) atoms. The molecular formula is C14H26O7Si2. The fourth-order valence-electron chi connectivity index (χ4n) is 1.84. The van der Waals surface area contributed by atoms with Gasteiger partial charge in [-0.3, -0.25) is 0 Å². The molecule has 2 atom stereocenters. The summed E-state index contributed by atoms with van der Waals surface area (Å²) in [7, 11) is -6.08. The van der Waals surface area contributed by atoms with E-state index in [0.717, 1.165) is 12.2 Å². The van der Waals surface area contributed by atoms with Crippen molar-refractivity contribution in [1.29, 1.82) is 0 Å². The normalized spacial score (nSPS) is 15.8. The smallest absolute Gasteiger partial charge is 0.330 e. The van der Waals surface area contributed by atoms with Crippen molar-refractivity contribution >= 4 is 29.1 Å². The SMILES string of the molecule is C=CC(=O)OCCC[Si](C)(O)O[Si](C)(O)CCCOC(=O)C=C. The molecule has 0 aliphatic carbocycles. The van der Waals surface area contributed by atoms with Gasteiger partial charge in [0, 0.05) is 12.2 Å². The highest BCUT2D eigenvalue weighted by molar-refractivity contribution is 6.78. The Labute approximate surface area is 139 Å². The molecule has 9 heteroatoms. The van der Waals surface area contributed by atoms with E-state index in [1.807, 2.05) is 0 Å². The Kier molecular flexibility index (Phi) is 9.92. The molecule has 0 bridgehead atoms. The third-order valence-corrected chi connectivity index (χ3v) is 8.91. The van der Waals surface area contributed by atoms with E-state index in [4.69, 9.17) is 13.6 Å². The molecule has 0 saturated carbocycles. The van der Waals surface area contributed by atoms with Crippen LogP contribution in [-0.4, -0.2) is 51.9 Å². The summed E-state index contributed by atoms with van der Waals surface area (Å²) in [4.78, 5) is 42.3. The quantitative estimate of drug-likeness (QED) is 0.234. The molecule has 132 valence electrons. The van der Waals surface area contributed by atoms with Crippen LogP contribution in [0.25, 0.3) is 0 Å². The molecule has 0 spiro atoms. The number of esters is 2. The molecular weight excluding hydrogens is 336 g/mol. The van der Waals surface area contributed by atoms with E-state index in [1.165, 1.54) is 0 Å². The lowest BCUT2D eigenvalue weighted by Crippen LogP contribution is -2.48. The van der Waals surface area contributed by atoms with Crippen LogP contribution in [0.2, 0.25) is 25.2 Å². The van der Waals surface area contributed by atoms with Crippen molar-refractivity contribution in [1.82, 2.24) is 0 Å². The second-order valence-electron chi connectivity index (χ2n) is 5.40. The lowest BCUT2D eigenvalue weighted by molar-refractivity contribution is -0.138. The van der Waals surface area contributed by atoms with Crippen LogP contribution < -0.4 is 0 Å². The largest absolute Gasteiger partial charge is 0.463 e. The molecule has 0 aliphatic rings. The Bertz CT molecular complexity index is 383. The Hall–Kier alpha value is -1.27. The fourth-order valence-corrected chi connectivity index (χ4v) is 8.05. The predicted octanol–water partition coefficient (Wildman–Crippen LogP) is 1.37. The van der Waals surface area contributed by atoms with E-state index < -0.39 is 29.1 Å². The van der Waals surface area contributed by atoms with Gasteiger partial charge in [-0.15, -0.1) is 0 Å². The number of hydrogen-bond acceptors (Lipinski definition) is 7. The number of hydrogen-bond donors (Lipinski definition) is 2. The molecule has 2 N–H and O–H groups in total. The van der Waals surface area contributed by atoms with Crippen LogP contribution in [0.15, 0.2) is 25.3 Å². The third kappa shape index (κ3) is 11.9. The highest BCUT2D eigenvalue weighted by Gasteiger charge is 2.38. The first-order valence-corrected chi connectivity index (χ1v) is 12.5. The highest BCUT2D eigenvalue weighted by atomic mass is 28.5. The number of carbonyl (C=O) groups excluding carboxylic acids is 2. The summed E-state index contributed by atoms with van der Waals surface area (Å²) in [5.74, 6) is -1.02. The minimum atomic E-state index is -3.04. The van der Waals surface area contributed by atoms with Gasteiger partial charge in [-0.2, -0.15) is 0 Å². The van der Waals surface area contributed by atoms with Crippen LogP contribution in [0.1, 0.15) is 12.8 Å². The molecule has 0 rings (SSSR count). The Morgan fingerprint density at radius 3 is 1.57 bits per heavy atom. The van der Waals surface area contributed by atoms with Gasteiger partial charge in [-0.25, -0.2) is 9.59 Å². The maximum absolute atomic E-state index is 10.9. The zero-order valence-electron chi connectivity index (χ0n) is 13.7. The number of ether oxygens (including phenoxy) is 2. The van der Waals surface area contributed by atoms with Crippen molar-refractivity contribution in [2.75, 3.05) is 13.2 Å². The standard InChI is InChI=1S/C14H26O7Si2/c1-5-13(15)19-9-7-11-22(3,17)21-23(4,18)12-8-10-20-14(16)6-2/h5-6,17-18H,1-2,7-12H2,3-4H3. The van der Waals surface area contributed by atoms with Crippen molar-refractivity contribution in [2.45, 2.75) is 38.0 Å². The lowest BCUT2D eigenvalue weighted by atomic mass is 10.5. The van der Waals surface area contributed by atoms with Crippen LogP contribution >= 0.6 is 0 Å². The summed E-state index contributed by atoms with van der Waals surface area (Å²) in [6.45, 7) is 10.1. The number of carbonyl (C=O) groups is 2. The van der Waals surface area contributed by atoms with Crippen molar-refractivity contribution < 1.29 is 32.8 Å². The highest BCUT2D eigenvalue weighted by Crippen LogP contribution is 2.20. The van der Waals surface area contributed by atoms with Crippen LogP contribution in [0.4, 0.5) is 0 Å². The van der Waals surface area contributed by atoms with E-state index in [0.29, 0.717) is 24.9 Å². The topological polar surface area (TPSA) is 102 Å². The molecule has 0 heterocycles. The summed E-state index contributed by atoms with van der Waals surface area (Å²) >= 11 is 0. The van der Waals surface area contributed by atoms with Crippen molar-refractivity contribution in [2.24, 2.45) is 0 Å². The minimum Gasteiger partial charge on any atom is -0.463 e. The second kappa shape index (κ2) is 10.5. The van der Waals surface area contributed by atoms with Crippen LogP contribution in [-0.2, 0) is 23.2 Å². The van der Waals surface area contributed by atoms with Gasteiger partial charge in [0.2, 0.25) is 0 Å². The molecule has 2 unspecified atom stereocenters. The van der Waals surface area contributed by atoms with Gasteiger partial charge >= 0.3 is 29.1 Å². The maximum atomic E-state index is 10.9. The summed E-state index contributed by atoms with van der Waals surface area (Å²) < 4.78 is 15.2. The van der Waals surface area contributed by atoms with E-state index >= 15 is 0 Å². The van der Waals surface area contributed by atoms with Gasteiger partial charge in [0.05, 0.1) is 13.2 Å². The Morgan fingerprint density at radius 1 is 0.913 bits per heavy atom. The first kappa shape index (κ1) is 21.7. The van der Waals surface area contributed by atoms with Gasteiger partial charge < -0.3 is 23.2 Å². The summed E-state index contributed by atoms with van der Waals surface area (Å²) in [6, 6.07) is 0.679. The van der Waals surface area contributed by atoms with Gasteiger partial charge in [0.25, 0.3) is 0 Å². The number of rotatable bonds is 12. The molecule has 0 aliphatic heterocycles. The van der Waals surface area contributed by atoms with E-state index in [1.54, 1.807) is 13.1 Å². The minimum absolute atomic E-state index is 0.165. The lowest BCUT2D eigenvalue weighted by Gasteiger charge is -2.30. The molecule has 0 aromatic heterocycles. The molecule has 7 nitrogen and oxygen atoms in total. The Morgan fingerprint density at radius 2 is 1.26 bits per heavy atom. The van der Waals surface area contributed by atoms with E-state index in [-0.39, 0.29) is 13.2 Å². The predicted molar refractivity (Wildman–Crippen MR) is 89.9 cm³/mol. The average molecular weight is 363 g/mol. The van der Waals surface area contributed by atoms with E-state index in [9.17, 15) is 19.2 Å². The monoisotopic (exact) mass is 362 g/mol. The third-order valence-electron chi connectivity index (χ3n) is 2.83.